The normalized spacial score (nSPS) is 24.1. The molecule has 0 saturated carbocycles. The summed E-state index contributed by atoms with van der Waals surface area (Å²) in [7, 11) is -1.01. The molecule has 2 rings (SSSR count). The zero-order valence-corrected chi connectivity index (χ0v) is 12.0. The molecule has 0 aliphatic carbocycles. The molecule has 1 aliphatic rings. The first-order chi connectivity index (χ1) is 8.37. The molecule has 3 nitrogen and oxygen atoms in total. The molecule has 0 spiro atoms. The number of anilines is 1. The molecule has 1 heterocycles. The number of nitrogens with two attached hydrogens (primary N) is 1. The van der Waals surface area contributed by atoms with Crippen LogP contribution < -0.4 is 5.73 Å². The lowest BCUT2D eigenvalue weighted by Gasteiger charge is -2.19. The molecular weight excluding hydrogens is 246 g/mol. The summed E-state index contributed by atoms with van der Waals surface area (Å²) in [6.07, 6.45) is 2.14. The zero-order valence-electron chi connectivity index (χ0n) is 11.2. The lowest BCUT2D eigenvalue weighted by atomic mass is 10.1. The van der Waals surface area contributed by atoms with Gasteiger partial charge in [0, 0.05) is 10.6 Å². The van der Waals surface area contributed by atoms with Gasteiger partial charge in [0.05, 0.1) is 28.3 Å². The molecule has 1 aromatic rings. The van der Waals surface area contributed by atoms with E-state index in [1.54, 1.807) is 0 Å². The lowest BCUT2D eigenvalue weighted by molar-refractivity contribution is -0.00498. The molecule has 0 bridgehead atoms. The quantitative estimate of drug-likeness (QED) is 0.857. The van der Waals surface area contributed by atoms with E-state index >= 15 is 0 Å². The summed E-state index contributed by atoms with van der Waals surface area (Å²) in [5, 5.41) is 0. The SMILES string of the molecule is Cc1cc(S(=O)CC2CCC(C)(C)O2)ccc1N. The maximum absolute atomic E-state index is 12.3. The van der Waals surface area contributed by atoms with Crippen LogP contribution in [0.4, 0.5) is 5.69 Å². The van der Waals surface area contributed by atoms with Crippen molar-refractivity contribution in [2.24, 2.45) is 0 Å². The molecule has 1 aromatic carbocycles. The van der Waals surface area contributed by atoms with Crippen LogP contribution in [-0.2, 0) is 15.5 Å². The smallest absolute Gasteiger partial charge is 0.0702 e. The Morgan fingerprint density at radius 3 is 2.78 bits per heavy atom. The molecule has 0 aromatic heterocycles. The predicted molar refractivity (Wildman–Crippen MR) is 75.1 cm³/mol. The molecule has 1 saturated heterocycles. The minimum absolute atomic E-state index is 0.0636. The van der Waals surface area contributed by atoms with Gasteiger partial charge in [0.15, 0.2) is 0 Å². The van der Waals surface area contributed by atoms with Crippen molar-refractivity contribution in [1.82, 2.24) is 0 Å². The first-order valence-electron chi connectivity index (χ1n) is 6.30. The summed E-state index contributed by atoms with van der Waals surface area (Å²) in [6.45, 7) is 6.11. The fourth-order valence-corrected chi connectivity index (χ4v) is 3.54. The average molecular weight is 267 g/mol. The maximum atomic E-state index is 12.3. The summed E-state index contributed by atoms with van der Waals surface area (Å²) >= 11 is 0. The molecule has 2 N–H and O–H groups in total. The van der Waals surface area contributed by atoms with Gasteiger partial charge in [-0.1, -0.05) is 0 Å². The minimum atomic E-state index is -1.01. The van der Waals surface area contributed by atoms with Gasteiger partial charge in [-0.15, -0.1) is 0 Å². The Balaban J connectivity index is 2.02. The van der Waals surface area contributed by atoms with E-state index in [1.807, 2.05) is 25.1 Å². The van der Waals surface area contributed by atoms with E-state index in [0.29, 0.717) is 5.75 Å². The number of ether oxygens (including phenoxy) is 1. The molecule has 1 fully saturated rings. The molecule has 0 amide bonds. The molecule has 1 aliphatic heterocycles. The van der Waals surface area contributed by atoms with Gasteiger partial charge in [0.2, 0.25) is 0 Å². The second-order valence-corrected chi connectivity index (χ2v) is 7.06. The Bertz CT molecular complexity index is 471. The molecule has 18 heavy (non-hydrogen) atoms. The van der Waals surface area contributed by atoms with Crippen LogP contribution in [0, 0.1) is 6.92 Å². The van der Waals surface area contributed by atoms with Crippen LogP contribution in [0.15, 0.2) is 23.1 Å². The summed E-state index contributed by atoms with van der Waals surface area (Å²) in [4.78, 5) is 0.843. The van der Waals surface area contributed by atoms with E-state index in [9.17, 15) is 4.21 Å². The van der Waals surface area contributed by atoms with Gasteiger partial charge >= 0.3 is 0 Å². The summed E-state index contributed by atoms with van der Waals surface area (Å²) in [6, 6.07) is 5.58. The molecular formula is C14H21NO2S. The lowest BCUT2D eigenvalue weighted by Crippen LogP contribution is -2.23. The second-order valence-electron chi connectivity index (χ2n) is 5.57. The third-order valence-corrected chi connectivity index (χ3v) is 4.85. The van der Waals surface area contributed by atoms with Crippen molar-refractivity contribution < 1.29 is 8.95 Å². The maximum Gasteiger partial charge on any atom is 0.0702 e. The zero-order chi connectivity index (χ0) is 13.3. The Kier molecular flexibility index (Phi) is 3.78. The highest BCUT2D eigenvalue weighted by molar-refractivity contribution is 7.85. The van der Waals surface area contributed by atoms with Crippen LogP contribution in [0.25, 0.3) is 0 Å². The third kappa shape index (κ3) is 3.12. The highest BCUT2D eigenvalue weighted by Crippen LogP contribution is 2.30. The third-order valence-electron chi connectivity index (χ3n) is 3.40. The molecule has 2 atom stereocenters. The number of rotatable bonds is 3. The number of nitrogen functional groups attached to an aromatic ring is 1. The number of hydrogen-bond acceptors (Lipinski definition) is 3. The van der Waals surface area contributed by atoms with Crippen molar-refractivity contribution >= 4 is 16.5 Å². The van der Waals surface area contributed by atoms with E-state index in [1.165, 1.54) is 0 Å². The Labute approximate surface area is 111 Å². The van der Waals surface area contributed by atoms with Crippen LogP contribution in [0.2, 0.25) is 0 Å². The van der Waals surface area contributed by atoms with E-state index in [-0.39, 0.29) is 11.7 Å². The number of benzene rings is 1. The Morgan fingerprint density at radius 1 is 1.50 bits per heavy atom. The van der Waals surface area contributed by atoms with Crippen molar-refractivity contribution in [3.05, 3.63) is 23.8 Å². The second kappa shape index (κ2) is 5.02. The summed E-state index contributed by atoms with van der Waals surface area (Å²) < 4.78 is 18.1. The average Bonchev–Trinajstić information content (AvgIpc) is 2.62. The molecule has 4 heteroatoms. The molecule has 0 radical (unpaired) electrons. The van der Waals surface area contributed by atoms with E-state index in [2.05, 4.69) is 13.8 Å². The van der Waals surface area contributed by atoms with Crippen LogP contribution in [-0.4, -0.2) is 21.7 Å². The predicted octanol–water partition coefficient (Wildman–Crippen LogP) is 2.64. The number of aryl methyl sites for hydroxylation is 1. The van der Waals surface area contributed by atoms with Crippen LogP contribution in [0.1, 0.15) is 32.3 Å². The van der Waals surface area contributed by atoms with Crippen LogP contribution >= 0.6 is 0 Å². The fourth-order valence-electron chi connectivity index (χ4n) is 2.25. The van der Waals surface area contributed by atoms with Crippen molar-refractivity contribution in [3.63, 3.8) is 0 Å². The van der Waals surface area contributed by atoms with E-state index in [4.69, 9.17) is 10.5 Å². The first-order valence-corrected chi connectivity index (χ1v) is 7.61. The van der Waals surface area contributed by atoms with Crippen LogP contribution in [0.3, 0.4) is 0 Å². The van der Waals surface area contributed by atoms with E-state index in [0.717, 1.165) is 29.0 Å². The van der Waals surface area contributed by atoms with Gasteiger partial charge < -0.3 is 10.5 Å². The number of hydrogen-bond donors (Lipinski definition) is 1. The van der Waals surface area contributed by atoms with Gasteiger partial charge in [-0.25, -0.2) is 0 Å². The van der Waals surface area contributed by atoms with Crippen molar-refractivity contribution in [2.45, 2.75) is 50.2 Å². The molecule has 2 unspecified atom stereocenters. The standard InChI is InChI=1S/C14H21NO2S/c1-10-8-12(4-5-13(10)15)18(16)9-11-6-7-14(2,3)17-11/h4-5,8,11H,6-7,9,15H2,1-3H3. The van der Waals surface area contributed by atoms with Crippen molar-refractivity contribution in [3.8, 4) is 0 Å². The Hall–Kier alpha value is -0.870. The monoisotopic (exact) mass is 267 g/mol. The first kappa shape index (κ1) is 13.6. The van der Waals surface area contributed by atoms with E-state index < -0.39 is 10.8 Å². The highest BCUT2D eigenvalue weighted by Gasteiger charge is 2.32. The topological polar surface area (TPSA) is 52.3 Å². The fraction of sp³-hybridized carbons (Fsp3) is 0.571. The summed E-state index contributed by atoms with van der Waals surface area (Å²) in [5.74, 6) is 0.576. The van der Waals surface area contributed by atoms with Gasteiger partial charge in [-0.2, -0.15) is 0 Å². The van der Waals surface area contributed by atoms with Gasteiger partial charge in [0.25, 0.3) is 0 Å². The highest BCUT2D eigenvalue weighted by atomic mass is 32.2. The van der Waals surface area contributed by atoms with Gasteiger partial charge in [0.1, 0.15) is 0 Å². The Morgan fingerprint density at radius 2 is 2.22 bits per heavy atom. The van der Waals surface area contributed by atoms with Gasteiger partial charge in [-0.3, -0.25) is 4.21 Å². The largest absolute Gasteiger partial charge is 0.399 e. The van der Waals surface area contributed by atoms with Crippen molar-refractivity contribution in [1.29, 1.82) is 0 Å². The summed E-state index contributed by atoms with van der Waals surface area (Å²) in [5.41, 5.74) is 7.43. The minimum Gasteiger partial charge on any atom is -0.399 e. The van der Waals surface area contributed by atoms with Crippen LogP contribution in [0.5, 0.6) is 0 Å². The van der Waals surface area contributed by atoms with Gasteiger partial charge in [-0.05, 0) is 57.4 Å². The molecule has 100 valence electrons. The van der Waals surface area contributed by atoms with Crippen molar-refractivity contribution in [2.75, 3.05) is 11.5 Å².